The highest BCUT2D eigenvalue weighted by Crippen LogP contribution is 2.37. The van der Waals surface area contributed by atoms with Crippen LogP contribution in [0.2, 0.25) is 0 Å². The number of anilines is 4. The second kappa shape index (κ2) is 6.51. The number of hydrogen-bond donors (Lipinski definition) is 1. The van der Waals surface area contributed by atoms with Gasteiger partial charge in [-0.15, -0.1) is 5.10 Å². The maximum Gasteiger partial charge on any atom is 0.249 e. The predicted octanol–water partition coefficient (Wildman–Crippen LogP) is 4.26. The van der Waals surface area contributed by atoms with Gasteiger partial charge in [0.15, 0.2) is 5.82 Å². The number of hydrogen-bond acceptors (Lipinski definition) is 5. The molecule has 1 aliphatic heterocycles. The molecule has 1 N–H and O–H groups in total. The van der Waals surface area contributed by atoms with Gasteiger partial charge >= 0.3 is 0 Å². The van der Waals surface area contributed by atoms with Crippen LogP contribution >= 0.6 is 0 Å². The molecule has 0 radical (unpaired) electrons. The number of benzene rings is 2. The van der Waals surface area contributed by atoms with Gasteiger partial charge in [-0.25, -0.2) is 0 Å². The largest absolute Gasteiger partial charge is 0.323 e. The number of nitrogens with one attached hydrogen (secondary N) is 1. The second-order valence-corrected chi connectivity index (χ2v) is 6.37. The molecule has 2 heterocycles. The molecule has 1 aromatic heterocycles. The third-order valence-electron chi connectivity index (χ3n) is 4.62. The number of aromatic nitrogens is 3. The van der Waals surface area contributed by atoms with Crippen molar-refractivity contribution in [2.24, 2.45) is 0 Å². The van der Waals surface area contributed by atoms with E-state index in [-0.39, 0.29) is 0 Å². The summed E-state index contributed by atoms with van der Waals surface area (Å²) in [7, 11) is 0. The van der Waals surface area contributed by atoms with Gasteiger partial charge in [-0.3, -0.25) is 0 Å². The summed E-state index contributed by atoms with van der Waals surface area (Å²) < 4.78 is 0. The van der Waals surface area contributed by atoms with Gasteiger partial charge in [-0.2, -0.15) is 10.1 Å². The van der Waals surface area contributed by atoms with Crippen LogP contribution in [0.3, 0.4) is 0 Å². The third kappa shape index (κ3) is 3.05. The number of fused-ring (bicyclic) bond motifs is 1. The molecule has 1 unspecified atom stereocenters. The molecule has 0 amide bonds. The predicted molar refractivity (Wildman–Crippen MR) is 101 cm³/mol. The fourth-order valence-corrected chi connectivity index (χ4v) is 3.33. The SMILES string of the molecule is CCc1ccc(Nc2nncc(N3c4ccccc4CC3C)n2)cc1. The molecule has 5 nitrogen and oxygen atoms in total. The minimum Gasteiger partial charge on any atom is -0.323 e. The van der Waals surface area contributed by atoms with Crippen LogP contribution in [0.4, 0.5) is 23.1 Å². The molecule has 0 bridgehead atoms. The summed E-state index contributed by atoms with van der Waals surface area (Å²) in [4.78, 5) is 6.91. The minimum atomic E-state index is 0.353. The zero-order valence-corrected chi connectivity index (χ0v) is 14.5. The molecule has 1 atom stereocenters. The molecule has 25 heavy (non-hydrogen) atoms. The monoisotopic (exact) mass is 331 g/mol. The molecule has 0 spiro atoms. The number of nitrogens with zero attached hydrogens (tertiary/aromatic N) is 4. The second-order valence-electron chi connectivity index (χ2n) is 6.37. The van der Waals surface area contributed by atoms with Crippen molar-refractivity contribution < 1.29 is 0 Å². The molecule has 4 rings (SSSR count). The molecule has 3 aromatic rings. The van der Waals surface area contributed by atoms with Gasteiger partial charge in [0.1, 0.15) is 0 Å². The molecular weight excluding hydrogens is 310 g/mol. The highest BCUT2D eigenvalue weighted by atomic mass is 15.3. The molecule has 0 saturated carbocycles. The van der Waals surface area contributed by atoms with Gasteiger partial charge < -0.3 is 10.2 Å². The first-order valence-electron chi connectivity index (χ1n) is 8.67. The van der Waals surface area contributed by atoms with E-state index in [0.717, 1.165) is 24.3 Å². The normalized spacial score (nSPS) is 15.9. The summed E-state index contributed by atoms with van der Waals surface area (Å²) in [6.07, 6.45) is 3.77. The molecular formula is C20H21N5. The lowest BCUT2D eigenvalue weighted by Crippen LogP contribution is -2.25. The van der Waals surface area contributed by atoms with E-state index in [0.29, 0.717) is 12.0 Å². The van der Waals surface area contributed by atoms with Gasteiger partial charge in [0.2, 0.25) is 5.95 Å². The molecule has 5 heteroatoms. The Morgan fingerprint density at radius 2 is 1.92 bits per heavy atom. The number of aryl methyl sites for hydroxylation is 1. The zero-order valence-electron chi connectivity index (χ0n) is 14.5. The molecule has 2 aromatic carbocycles. The van der Waals surface area contributed by atoms with Crippen LogP contribution in [0.25, 0.3) is 0 Å². The summed E-state index contributed by atoms with van der Waals surface area (Å²) >= 11 is 0. The Bertz CT molecular complexity index is 875. The van der Waals surface area contributed by atoms with Crippen LogP contribution in [0, 0.1) is 0 Å². The quantitative estimate of drug-likeness (QED) is 0.774. The summed E-state index contributed by atoms with van der Waals surface area (Å²) in [5.41, 5.74) is 4.82. The van der Waals surface area contributed by atoms with Crippen LogP contribution in [0.15, 0.2) is 54.7 Å². The first-order valence-corrected chi connectivity index (χ1v) is 8.67. The lowest BCUT2D eigenvalue weighted by atomic mass is 10.1. The zero-order chi connectivity index (χ0) is 17.2. The molecule has 0 saturated heterocycles. The molecule has 126 valence electrons. The van der Waals surface area contributed by atoms with Crippen molar-refractivity contribution in [1.82, 2.24) is 15.2 Å². The Kier molecular flexibility index (Phi) is 4.06. The topological polar surface area (TPSA) is 53.9 Å². The fourth-order valence-electron chi connectivity index (χ4n) is 3.33. The first kappa shape index (κ1) is 15.6. The van der Waals surface area contributed by atoms with Gasteiger partial charge in [-0.1, -0.05) is 37.3 Å². The van der Waals surface area contributed by atoms with Crippen LogP contribution in [0.5, 0.6) is 0 Å². The van der Waals surface area contributed by atoms with Gasteiger partial charge in [-0.05, 0) is 49.1 Å². The van der Waals surface area contributed by atoms with E-state index in [1.54, 1.807) is 6.20 Å². The van der Waals surface area contributed by atoms with E-state index in [1.165, 1.54) is 16.8 Å². The average molecular weight is 331 g/mol. The van der Waals surface area contributed by atoms with E-state index < -0.39 is 0 Å². The standard InChI is InChI=1S/C20H21N5/c1-3-15-8-10-17(11-9-15)22-20-23-19(13-21-24-20)25-14(2)12-16-6-4-5-7-18(16)25/h4-11,13-14H,3,12H2,1-2H3,(H,22,23,24). The maximum atomic E-state index is 4.68. The van der Waals surface area contributed by atoms with Crippen molar-refractivity contribution in [3.63, 3.8) is 0 Å². The van der Waals surface area contributed by atoms with Crippen LogP contribution in [0.1, 0.15) is 25.0 Å². The highest BCUT2D eigenvalue weighted by Gasteiger charge is 2.28. The van der Waals surface area contributed by atoms with Crippen molar-refractivity contribution in [3.8, 4) is 0 Å². The van der Waals surface area contributed by atoms with Crippen LogP contribution in [-0.4, -0.2) is 21.2 Å². The molecule has 1 aliphatic rings. The first-order chi connectivity index (χ1) is 12.2. The van der Waals surface area contributed by atoms with Crippen molar-refractivity contribution >= 4 is 23.1 Å². The lowest BCUT2D eigenvalue weighted by molar-refractivity contribution is 0.745. The Balaban J connectivity index is 1.61. The third-order valence-corrected chi connectivity index (χ3v) is 4.62. The van der Waals surface area contributed by atoms with E-state index in [4.69, 9.17) is 0 Å². The van der Waals surface area contributed by atoms with E-state index in [2.05, 4.69) is 75.6 Å². The van der Waals surface area contributed by atoms with E-state index in [9.17, 15) is 0 Å². The average Bonchev–Trinajstić information content (AvgIpc) is 2.98. The van der Waals surface area contributed by atoms with Gasteiger partial charge in [0.25, 0.3) is 0 Å². The summed E-state index contributed by atoms with van der Waals surface area (Å²) in [6.45, 7) is 4.35. The summed E-state index contributed by atoms with van der Waals surface area (Å²) in [5, 5.41) is 11.5. The number of para-hydroxylation sites is 1. The highest BCUT2D eigenvalue weighted by molar-refractivity contribution is 5.69. The molecule has 0 fully saturated rings. The Morgan fingerprint density at radius 1 is 1.12 bits per heavy atom. The Morgan fingerprint density at radius 3 is 2.72 bits per heavy atom. The minimum absolute atomic E-state index is 0.353. The maximum absolute atomic E-state index is 4.68. The van der Waals surface area contributed by atoms with Crippen LogP contribution < -0.4 is 10.2 Å². The Hall–Kier alpha value is -2.95. The van der Waals surface area contributed by atoms with Crippen molar-refractivity contribution in [1.29, 1.82) is 0 Å². The van der Waals surface area contributed by atoms with Crippen molar-refractivity contribution in [2.45, 2.75) is 32.7 Å². The summed E-state index contributed by atoms with van der Waals surface area (Å²) in [5.74, 6) is 1.33. The Labute approximate surface area is 147 Å². The van der Waals surface area contributed by atoms with Gasteiger partial charge in [0, 0.05) is 17.4 Å². The smallest absolute Gasteiger partial charge is 0.249 e. The van der Waals surface area contributed by atoms with E-state index >= 15 is 0 Å². The number of rotatable bonds is 4. The van der Waals surface area contributed by atoms with Crippen molar-refractivity contribution in [3.05, 3.63) is 65.9 Å². The van der Waals surface area contributed by atoms with E-state index in [1.807, 2.05) is 12.1 Å². The fraction of sp³-hybridized carbons (Fsp3) is 0.250. The lowest BCUT2D eigenvalue weighted by Gasteiger charge is -2.23. The summed E-state index contributed by atoms with van der Waals surface area (Å²) in [6, 6.07) is 17.1. The van der Waals surface area contributed by atoms with Crippen molar-refractivity contribution in [2.75, 3.05) is 10.2 Å². The van der Waals surface area contributed by atoms with Gasteiger partial charge in [0.05, 0.1) is 6.20 Å². The molecule has 0 aliphatic carbocycles. The van der Waals surface area contributed by atoms with Crippen LogP contribution in [-0.2, 0) is 12.8 Å².